The molecule has 0 bridgehead atoms. The van der Waals surface area contributed by atoms with Crippen LogP contribution in [0.3, 0.4) is 0 Å². The number of nitrogens with one attached hydrogen (secondary N) is 1. The minimum atomic E-state index is 0.487. The van der Waals surface area contributed by atoms with Gasteiger partial charge in [0.1, 0.15) is 0 Å². The van der Waals surface area contributed by atoms with Gasteiger partial charge in [0.05, 0.1) is 17.6 Å². The number of aromatic nitrogens is 1. The zero-order valence-corrected chi connectivity index (χ0v) is 10.6. The summed E-state index contributed by atoms with van der Waals surface area (Å²) < 4.78 is 0. The SMILES string of the molecule is CC(C)c1cc2c(cn1)NCCN2C(C)C. The van der Waals surface area contributed by atoms with Gasteiger partial charge in [-0.05, 0) is 25.8 Å². The number of fused-ring (bicyclic) bond motifs is 1. The highest BCUT2D eigenvalue weighted by Crippen LogP contribution is 2.31. The second kappa shape index (κ2) is 4.32. The maximum atomic E-state index is 4.50. The van der Waals surface area contributed by atoms with Crippen LogP contribution in [0.4, 0.5) is 11.4 Å². The monoisotopic (exact) mass is 219 g/mol. The molecule has 0 saturated carbocycles. The van der Waals surface area contributed by atoms with Gasteiger partial charge < -0.3 is 10.2 Å². The van der Waals surface area contributed by atoms with Gasteiger partial charge in [-0.25, -0.2) is 0 Å². The van der Waals surface area contributed by atoms with Crippen LogP contribution in [0.15, 0.2) is 12.3 Å². The minimum absolute atomic E-state index is 0.487. The molecule has 0 aromatic carbocycles. The lowest BCUT2D eigenvalue weighted by Crippen LogP contribution is -2.39. The fourth-order valence-corrected chi connectivity index (χ4v) is 2.12. The molecule has 0 unspecified atom stereocenters. The molecule has 16 heavy (non-hydrogen) atoms. The topological polar surface area (TPSA) is 28.2 Å². The van der Waals surface area contributed by atoms with Crippen molar-refractivity contribution in [2.45, 2.75) is 39.7 Å². The van der Waals surface area contributed by atoms with Gasteiger partial charge in [0.2, 0.25) is 0 Å². The summed E-state index contributed by atoms with van der Waals surface area (Å²) in [5.41, 5.74) is 3.65. The average molecular weight is 219 g/mol. The lowest BCUT2D eigenvalue weighted by molar-refractivity contribution is 0.677. The van der Waals surface area contributed by atoms with Gasteiger partial charge in [-0.2, -0.15) is 0 Å². The molecule has 0 radical (unpaired) electrons. The van der Waals surface area contributed by atoms with Gasteiger partial charge in [0.15, 0.2) is 0 Å². The molecule has 1 N–H and O–H groups in total. The Hall–Kier alpha value is -1.25. The van der Waals surface area contributed by atoms with Crippen molar-refractivity contribution in [2.24, 2.45) is 0 Å². The summed E-state index contributed by atoms with van der Waals surface area (Å²) in [4.78, 5) is 6.94. The van der Waals surface area contributed by atoms with Gasteiger partial charge >= 0.3 is 0 Å². The number of nitrogens with zero attached hydrogens (tertiary/aromatic N) is 2. The fourth-order valence-electron chi connectivity index (χ4n) is 2.12. The van der Waals surface area contributed by atoms with Crippen molar-refractivity contribution in [1.29, 1.82) is 0 Å². The van der Waals surface area contributed by atoms with Crippen LogP contribution in [-0.2, 0) is 0 Å². The Morgan fingerprint density at radius 3 is 2.69 bits per heavy atom. The van der Waals surface area contributed by atoms with Crippen LogP contribution >= 0.6 is 0 Å². The summed E-state index contributed by atoms with van der Waals surface area (Å²) in [5.74, 6) is 0.487. The van der Waals surface area contributed by atoms with E-state index < -0.39 is 0 Å². The first-order chi connectivity index (χ1) is 7.59. The Balaban J connectivity index is 2.40. The van der Waals surface area contributed by atoms with E-state index in [9.17, 15) is 0 Å². The third-order valence-corrected chi connectivity index (χ3v) is 3.10. The van der Waals surface area contributed by atoms with Crippen LogP contribution in [0.25, 0.3) is 0 Å². The summed E-state index contributed by atoms with van der Waals surface area (Å²) in [6, 6.07) is 2.77. The largest absolute Gasteiger partial charge is 0.380 e. The fraction of sp³-hybridized carbons (Fsp3) is 0.615. The van der Waals surface area contributed by atoms with Crippen molar-refractivity contribution < 1.29 is 0 Å². The van der Waals surface area contributed by atoms with Gasteiger partial charge in [-0.1, -0.05) is 13.8 Å². The molecule has 1 aromatic rings. The normalized spacial score (nSPS) is 15.2. The Bertz CT molecular complexity index is 371. The van der Waals surface area contributed by atoms with Crippen molar-refractivity contribution in [3.05, 3.63) is 18.0 Å². The highest BCUT2D eigenvalue weighted by Gasteiger charge is 2.20. The lowest BCUT2D eigenvalue weighted by atomic mass is 10.1. The average Bonchev–Trinajstić information content (AvgIpc) is 2.27. The summed E-state index contributed by atoms with van der Waals surface area (Å²) in [7, 11) is 0. The second-order valence-corrected chi connectivity index (χ2v) is 4.99. The minimum Gasteiger partial charge on any atom is -0.380 e. The van der Waals surface area contributed by atoms with E-state index in [-0.39, 0.29) is 0 Å². The van der Waals surface area contributed by atoms with Crippen LogP contribution in [0.2, 0.25) is 0 Å². The van der Waals surface area contributed by atoms with E-state index in [2.05, 4.69) is 49.0 Å². The number of rotatable bonds is 2. The molecule has 2 rings (SSSR count). The molecular weight excluding hydrogens is 198 g/mol. The molecule has 1 aromatic heterocycles. The number of pyridine rings is 1. The maximum absolute atomic E-state index is 4.50. The molecule has 3 heteroatoms. The molecule has 1 aliphatic rings. The van der Waals surface area contributed by atoms with Crippen molar-refractivity contribution in [1.82, 2.24) is 4.98 Å². The zero-order chi connectivity index (χ0) is 11.7. The number of hydrogen-bond donors (Lipinski definition) is 1. The zero-order valence-electron chi connectivity index (χ0n) is 10.6. The second-order valence-electron chi connectivity index (χ2n) is 4.99. The Morgan fingerprint density at radius 1 is 1.31 bits per heavy atom. The Morgan fingerprint density at radius 2 is 2.06 bits per heavy atom. The van der Waals surface area contributed by atoms with Gasteiger partial charge in [0.25, 0.3) is 0 Å². The summed E-state index contributed by atoms with van der Waals surface area (Å²) >= 11 is 0. The molecule has 0 amide bonds. The van der Waals surface area contributed by atoms with Crippen LogP contribution < -0.4 is 10.2 Å². The predicted octanol–water partition coefficient (Wildman–Crippen LogP) is 2.85. The summed E-state index contributed by atoms with van der Waals surface area (Å²) in [6.45, 7) is 10.9. The molecule has 0 atom stereocenters. The quantitative estimate of drug-likeness (QED) is 0.829. The first kappa shape index (κ1) is 11.2. The van der Waals surface area contributed by atoms with Crippen LogP contribution in [0.5, 0.6) is 0 Å². The van der Waals surface area contributed by atoms with E-state index in [1.165, 1.54) is 17.1 Å². The van der Waals surface area contributed by atoms with Crippen molar-refractivity contribution in [2.75, 3.05) is 23.3 Å². The smallest absolute Gasteiger partial charge is 0.0765 e. The van der Waals surface area contributed by atoms with Gasteiger partial charge in [0, 0.05) is 24.8 Å². The molecule has 88 valence electrons. The van der Waals surface area contributed by atoms with Crippen LogP contribution in [0.1, 0.15) is 39.3 Å². The molecule has 0 aliphatic carbocycles. The molecule has 0 fully saturated rings. The summed E-state index contributed by atoms with van der Waals surface area (Å²) in [6.07, 6.45) is 1.97. The summed E-state index contributed by atoms with van der Waals surface area (Å²) in [5, 5.41) is 3.41. The van der Waals surface area contributed by atoms with E-state index in [4.69, 9.17) is 0 Å². The van der Waals surface area contributed by atoms with Crippen molar-refractivity contribution in [3.63, 3.8) is 0 Å². The number of anilines is 2. The standard InChI is InChI=1S/C13H21N3/c1-9(2)11-7-13-12(8-15-11)14-5-6-16(13)10(3)4/h7-10,14H,5-6H2,1-4H3. The van der Waals surface area contributed by atoms with E-state index in [1.807, 2.05) is 6.20 Å². The molecule has 3 nitrogen and oxygen atoms in total. The molecule has 0 spiro atoms. The predicted molar refractivity (Wildman–Crippen MR) is 69.3 cm³/mol. The maximum Gasteiger partial charge on any atom is 0.0765 e. The molecule has 1 aliphatic heterocycles. The van der Waals surface area contributed by atoms with Gasteiger partial charge in [-0.3, -0.25) is 4.98 Å². The number of hydrogen-bond acceptors (Lipinski definition) is 3. The highest BCUT2D eigenvalue weighted by atomic mass is 15.2. The van der Waals surface area contributed by atoms with Crippen molar-refractivity contribution in [3.8, 4) is 0 Å². The Labute approximate surface area is 97.9 Å². The van der Waals surface area contributed by atoms with Crippen LogP contribution in [-0.4, -0.2) is 24.1 Å². The van der Waals surface area contributed by atoms with Crippen LogP contribution in [0, 0.1) is 0 Å². The first-order valence-corrected chi connectivity index (χ1v) is 6.10. The third kappa shape index (κ3) is 1.99. The molecular formula is C13H21N3. The molecule has 0 saturated heterocycles. The van der Waals surface area contributed by atoms with E-state index in [1.54, 1.807) is 0 Å². The van der Waals surface area contributed by atoms with Crippen molar-refractivity contribution >= 4 is 11.4 Å². The van der Waals surface area contributed by atoms with E-state index in [0.717, 1.165) is 13.1 Å². The third-order valence-electron chi connectivity index (χ3n) is 3.10. The van der Waals surface area contributed by atoms with E-state index >= 15 is 0 Å². The molecule has 2 heterocycles. The lowest BCUT2D eigenvalue weighted by Gasteiger charge is -2.35. The van der Waals surface area contributed by atoms with E-state index in [0.29, 0.717) is 12.0 Å². The first-order valence-electron chi connectivity index (χ1n) is 6.10. The van der Waals surface area contributed by atoms with Gasteiger partial charge in [-0.15, -0.1) is 0 Å². The highest BCUT2D eigenvalue weighted by molar-refractivity contribution is 5.72. The Kier molecular flexibility index (Phi) is 3.03.